The molecule has 1 N–H and O–H groups in total. The van der Waals surface area contributed by atoms with Gasteiger partial charge in [0.15, 0.2) is 5.16 Å². The largest absolute Gasteiger partial charge is 0.497 e. The zero-order valence-electron chi connectivity index (χ0n) is 13.1. The van der Waals surface area contributed by atoms with Crippen LogP contribution in [0, 0.1) is 0 Å². The van der Waals surface area contributed by atoms with E-state index in [1.165, 1.54) is 11.8 Å². The van der Waals surface area contributed by atoms with E-state index in [4.69, 9.17) is 4.74 Å². The Bertz CT molecular complexity index is 610. The summed E-state index contributed by atoms with van der Waals surface area (Å²) in [6.45, 7) is 4.63. The first-order valence-corrected chi connectivity index (χ1v) is 8.15. The molecule has 2 rings (SSSR count). The molecule has 22 heavy (non-hydrogen) atoms. The van der Waals surface area contributed by atoms with Crippen molar-refractivity contribution in [3.8, 4) is 11.4 Å². The minimum atomic E-state index is -0.189. The Hall–Kier alpha value is -1.95. The van der Waals surface area contributed by atoms with Gasteiger partial charge in [0.2, 0.25) is 5.91 Å². The van der Waals surface area contributed by atoms with Crippen LogP contribution in [-0.4, -0.2) is 34.4 Å². The van der Waals surface area contributed by atoms with Gasteiger partial charge in [-0.05, 0) is 37.6 Å². The highest BCUT2D eigenvalue weighted by Crippen LogP contribution is 2.25. The first-order valence-electron chi connectivity index (χ1n) is 7.27. The summed E-state index contributed by atoms with van der Waals surface area (Å²) in [5.74, 6) is 0.849. The number of hydrogen-bond donors (Lipinski definition) is 1. The van der Waals surface area contributed by atoms with Gasteiger partial charge >= 0.3 is 0 Å². The molecule has 1 unspecified atom stereocenters. The Kier molecular flexibility index (Phi) is 5.89. The average Bonchev–Trinajstić information content (AvgIpc) is 3.00. The Morgan fingerprint density at radius 3 is 2.77 bits per heavy atom. The van der Waals surface area contributed by atoms with Crippen molar-refractivity contribution in [3.05, 3.63) is 36.7 Å². The van der Waals surface area contributed by atoms with E-state index in [-0.39, 0.29) is 11.2 Å². The van der Waals surface area contributed by atoms with E-state index in [0.717, 1.165) is 23.0 Å². The fourth-order valence-electron chi connectivity index (χ4n) is 1.92. The molecule has 0 aliphatic rings. The SMILES string of the molecule is CCCNC(=O)C(C)Sc1nccn1-c1ccc(OC)cc1. The molecule has 1 heterocycles. The summed E-state index contributed by atoms with van der Waals surface area (Å²) in [5.41, 5.74) is 0.988. The van der Waals surface area contributed by atoms with Crippen LogP contribution in [0.5, 0.6) is 5.75 Å². The van der Waals surface area contributed by atoms with Crippen molar-refractivity contribution in [3.63, 3.8) is 0 Å². The Morgan fingerprint density at radius 2 is 2.14 bits per heavy atom. The standard InChI is InChI=1S/C16H21N3O2S/c1-4-9-17-15(20)12(2)22-16-18-10-11-19(16)13-5-7-14(21-3)8-6-13/h5-8,10-12H,4,9H2,1-3H3,(H,17,20). The lowest BCUT2D eigenvalue weighted by molar-refractivity contribution is -0.120. The molecule has 5 nitrogen and oxygen atoms in total. The average molecular weight is 319 g/mol. The molecule has 0 fully saturated rings. The second kappa shape index (κ2) is 7.89. The van der Waals surface area contributed by atoms with Crippen molar-refractivity contribution in [2.24, 2.45) is 0 Å². The molecule has 0 radical (unpaired) electrons. The summed E-state index contributed by atoms with van der Waals surface area (Å²) < 4.78 is 7.13. The third kappa shape index (κ3) is 4.04. The van der Waals surface area contributed by atoms with Crippen LogP contribution >= 0.6 is 11.8 Å². The molecular formula is C16H21N3O2S. The van der Waals surface area contributed by atoms with E-state index in [1.54, 1.807) is 13.3 Å². The number of nitrogens with one attached hydrogen (secondary N) is 1. The zero-order valence-corrected chi connectivity index (χ0v) is 13.9. The van der Waals surface area contributed by atoms with E-state index < -0.39 is 0 Å². The fraction of sp³-hybridized carbons (Fsp3) is 0.375. The van der Waals surface area contributed by atoms with Gasteiger partial charge in [0.1, 0.15) is 5.75 Å². The summed E-state index contributed by atoms with van der Waals surface area (Å²) in [6, 6.07) is 7.74. The number of benzene rings is 1. The minimum absolute atomic E-state index is 0.0381. The summed E-state index contributed by atoms with van der Waals surface area (Å²) >= 11 is 1.45. The van der Waals surface area contributed by atoms with Gasteiger partial charge < -0.3 is 10.1 Å². The normalized spacial score (nSPS) is 12.0. The van der Waals surface area contributed by atoms with Gasteiger partial charge in [-0.2, -0.15) is 0 Å². The number of methoxy groups -OCH3 is 1. The van der Waals surface area contributed by atoms with Gasteiger partial charge in [0.05, 0.1) is 12.4 Å². The maximum absolute atomic E-state index is 12.0. The molecule has 118 valence electrons. The number of hydrogen-bond acceptors (Lipinski definition) is 4. The topological polar surface area (TPSA) is 56.2 Å². The maximum atomic E-state index is 12.0. The highest BCUT2D eigenvalue weighted by atomic mass is 32.2. The summed E-state index contributed by atoms with van der Waals surface area (Å²) in [5, 5.41) is 3.51. The number of amides is 1. The van der Waals surface area contributed by atoms with E-state index in [0.29, 0.717) is 6.54 Å². The second-order valence-electron chi connectivity index (χ2n) is 4.83. The molecule has 0 spiro atoms. The van der Waals surface area contributed by atoms with Crippen molar-refractivity contribution in [2.45, 2.75) is 30.7 Å². The van der Waals surface area contributed by atoms with Crippen molar-refractivity contribution < 1.29 is 9.53 Å². The number of nitrogens with zero attached hydrogens (tertiary/aromatic N) is 2. The van der Waals surface area contributed by atoms with Gasteiger partial charge in [-0.1, -0.05) is 18.7 Å². The first kappa shape index (κ1) is 16.4. The van der Waals surface area contributed by atoms with Gasteiger partial charge in [-0.15, -0.1) is 0 Å². The number of carbonyl (C=O) groups excluding carboxylic acids is 1. The van der Waals surface area contributed by atoms with E-state index in [9.17, 15) is 4.79 Å². The lowest BCUT2D eigenvalue weighted by atomic mass is 10.3. The molecule has 1 atom stereocenters. The molecule has 0 saturated heterocycles. The van der Waals surface area contributed by atoms with Gasteiger partial charge in [-0.3, -0.25) is 9.36 Å². The van der Waals surface area contributed by atoms with Crippen LogP contribution in [0.4, 0.5) is 0 Å². The fourth-order valence-corrected chi connectivity index (χ4v) is 2.83. The molecule has 1 aromatic heterocycles. The molecule has 0 aliphatic heterocycles. The number of ether oxygens (including phenoxy) is 1. The van der Waals surface area contributed by atoms with Crippen molar-refractivity contribution in [2.75, 3.05) is 13.7 Å². The zero-order chi connectivity index (χ0) is 15.9. The molecule has 0 aliphatic carbocycles. The van der Waals surface area contributed by atoms with Crippen LogP contribution in [0.2, 0.25) is 0 Å². The lowest BCUT2D eigenvalue weighted by Crippen LogP contribution is -2.31. The van der Waals surface area contributed by atoms with Crippen LogP contribution in [0.3, 0.4) is 0 Å². The number of aromatic nitrogens is 2. The first-order chi connectivity index (χ1) is 10.7. The summed E-state index contributed by atoms with van der Waals surface area (Å²) in [4.78, 5) is 16.3. The van der Waals surface area contributed by atoms with Crippen LogP contribution in [0.1, 0.15) is 20.3 Å². The van der Waals surface area contributed by atoms with Gasteiger partial charge in [-0.25, -0.2) is 4.98 Å². The second-order valence-corrected chi connectivity index (χ2v) is 6.14. The molecule has 0 bridgehead atoms. The van der Waals surface area contributed by atoms with Crippen molar-refractivity contribution in [1.82, 2.24) is 14.9 Å². The highest BCUT2D eigenvalue weighted by Gasteiger charge is 2.17. The predicted octanol–water partition coefficient (Wildman–Crippen LogP) is 2.89. The van der Waals surface area contributed by atoms with Crippen LogP contribution in [-0.2, 0) is 4.79 Å². The molecule has 6 heteroatoms. The molecular weight excluding hydrogens is 298 g/mol. The molecule has 1 amide bonds. The molecule has 2 aromatic rings. The van der Waals surface area contributed by atoms with Gasteiger partial charge in [0, 0.05) is 24.6 Å². The highest BCUT2D eigenvalue weighted by molar-refractivity contribution is 8.00. The van der Waals surface area contributed by atoms with Gasteiger partial charge in [0.25, 0.3) is 0 Å². The van der Waals surface area contributed by atoms with E-state index in [2.05, 4.69) is 10.3 Å². The number of rotatable bonds is 7. The Balaban J connectivity index is 2.10. The van der Waals surface area contributed by atoms with E-state index >= 15 is 0 Å². The minimum Gasteiger partial charge on any atom is -0.497 e. The lowest BCUT2D eigenvalue weighted by Gasteiger charge is -2.13. The summed E-state index contributed by atoms with van der Waals surface area (Å²) in [6.07, 6.45) is 4.56. The quantitative estimate of drug-likeness (QED) is 0.797. The van der Waals surface area contributed by atoms with Crippen molar-refractivity contribution >= 4 is 17.7 Å². The smallest absolute Gasteiger partial charge is 0.233 e. The van der Waals surface area contributed by atoms with Crippen LogP contribution in [0.25, 0.3) is 5.69 Å². The maximum Gasteiger partial charge on any atom is 0.233 e. The molecule has 1 aromatic carbocycles. The monoisotopic (exact) mass is 319 g/mol. The van der Waals surface area contributed by atoms with Crippen LogP contribution < -0.4 is 10.1 Å². The number of carbonyl (C=O) groups is 1. The Labute approximate surface area is 135 Å². The van der Waals surface area contributed by atoms with Crippen LogP contribution in [0.15, 0.2) is 41.8 Å². The number of imidazole rings is 1. The number of thioether (sulfide) groups is 1. The van der Waals surface area contributed by atoms with E-state index in [1.807, 2.05) is 48.9 Å². The third-order valence-corrected chi connectivity index (χ3v) is 4.24. The predicted molar refractivity (Wildman–Crippen MR) is 88.7 cm³/mol. The Morgan fingerprint density at radius 1 is 1.41 bits per heavy atom. The molecule has 0 saturated carbocycles. The van der Waals surface area contributed by atoms with Crippen molar-refractivity contribution in [1.29, 1.82) is 0 Å². The third-order valence-electron chi connectivity index (χ3n) is 3.16. The summed E-state index contributed by atoms with van der Waals surface area (Å²) in [7, 11) is 1.64.